The maximum absolute atomic E-state index is 5.46. The zero-order valence-electron chi connectivity index (χ0n) is 11.6. The van der Waals surface area contributed by atoms with E-state index in [0.29, 0.717) is 17.5 Å². The van der Waals surface area contributed by atoms with Gasteiger partial charge >= 0.3 is 0 Å². The van der Waals surface area contributed by atoms with E-state index < -0.39 is 0 Å². The number of benzene rings is 1. The number of hydrogen-bond donors (Lipinski definition) is 1. The minimum atomic E-state index is 0.596. The third kappa shape index (κ3) is 4.05. The van der Waals surface area contributed by atoms with Crippen molar-refractivity contribution in [3.05, 3.63) is 40.5 Å². The first-order chi connectivity index (χ1) is 10.7. The Morgan fingerprint density at radius 2 is 2.09 bits per heavy atom. The Morgan fingerprint density at radius 3 is 2.86 bits per heavy atom. The maximum Gasteiger partial charge on any atom is 0.226 e. The summed E-state index contributed by atoms with van der Waals surface area (Å²) in [7, 11) is 0. The van der Waals surface area contributed by atoms with E-state index >= 15 is 0 Å². The molecule has 9 heteroatoms. The highest BCUT2D eigenvalue weighted by molar-refractivity contribution is 9.10. The molecule has 114 valence electrons. The Hall–Kier alpha value is -1.45. The van der Waals surface area contributed by atoms with Crippen LogP contribution < -0.4 is 5.32 Å². The lowest BCUT2D eigenvalue weighted by Crippen LogP contribution is -1.88. The lowest BCUT2D eigenvalue weighted by Gasteiger charge is -2.01. The van der Waals surface area contributed by atoms with Crippen LogP contribution in [0.25, 0.3) is 0 Å². The number of halogens is 1. The Kier molecular flexibility index (Phi) is 5.06. The van der Waals surface area contributed by atoms with Crippen molar-refractivity contribution in [1.82, 2.24) is 20.4 Å². The molecule has 0 aliphatic rings. The molecule has 0 spiro atoms. The van der Waals surface area contributed by atoms with Crippen LogP contribution in [0.5, 0.6) is 0 Å². The standard InChI is InChI=1S/C13H12BrN5OS2/c1-2-10-16-17-11(20-10)7-21-13-19-18-12(22-13)15-9-5-3-4-8(14)6-9/h3-6H,2,7H2,1H3,(H,15,18). The number of aromatic nitrogens is 4. The Bertz CT molecular complexity index is 760. The van der Waals surface area contributed by atoms with Crippen molar-refractivity contribution in [2.24, 2.45) is 0 Å². The van der Waals surface area contributed by atoms with Crippen LogP contribution in [0.3, 0.4) is 0 Å². The van der Waals surface area contributed by atoms with E-state index in [0.717, 1.165) is 26.1 Å². The van der Waals surface area contributed by atoms with Gasteiger partial charge in [0, 0.05) is 16.6 Å². The van der Waals surface area contributed by atoms with Crippen LogP contribution in [0.15, 0.2) is 37.5 Å². The second kappa shape index (κ2) is 7.21. The summed E-state index contributed by atoms with van der Waals surface area (Å²) in [6.07, 6.45) is 0.747. The molecule has 0 saturated heterocycles. The largest absolute Gasteiger partial charge is 0.424 e. The third-order valence-electron chi connectivity index (χ3n) is 2.61. The summed E-state index contributed by atoms with van der Waals surface area (Å²) in [5, 5.41) is 20.2. The number of aryl methyl sites for hydroxylation is 1. The van der Waals surface area contributed by atoms with Gasteiger partial charge in [0.05, 0.1) is 5.75 Å². The molecule has 3 rings (SSSR count). The first-order valence-electron chi connectivity index (χ1n) is 6.53. The molecule has 0 unspecified atom stereocenters. The number of nitrogens with zero attached hydrogens (tertiary/aromatic N) is 4. The van der Waals surface area contributed by atoms with Gasteiger partial charge in [-0.15, -0.1) is 20.4 Å². The van der Waals surface area contributed by atoms with Gasteiger partial charge in [0.15, 0.2) is 4.34 Å². The lowest BCUT2D eigenvalue weighted by molar-refractivity contribution is 0.470. The average molecular weight is 398 g/mol. The Morgan fingerprint density at radius 1 is 1.23 bits per heavy atom. The molecule has 0 amide bonds. The molecule has 0 aliphatic carbocycles. The fourth-order valence-electron chi connectivity index (χ4n) is 1.62. The molecule has 22 heavy (non-hydrogen) atoms. The number of rotatable bonds is 6. The Labute approximate surface area is 143 Å². The predicted octanol–water partition coefficient (Wildman–Crippen LogP) is 4.28. The van der Waals surface area contributed by atoms with Gasteiger partial charge in [0.25, 0.3) is 0 Å². The normalized spacial score (nSPS) is 10.8. The second-order valence-corrected chi connectivity index (χ2v) is 7.36. The predicted molar refractivity (Wildman–Crippen MR) is 90.6 cm³/mol. The highest BCUT2D eigenvalue weighted by atomic mass is 79.9. The SMILES string of the molecule is CCc1nnc(CSc2nnc(Nc3cccc(Br)c3)s2)o1. The fraction of sp³-hybridized carbons (Fsp3) is 0.231. The van der Waals surface area contributed by atoms with Gasteiger partial charge in [-0.05, 0) is 18.2 Å². The molecule has 6 nitrogen and oxygen atoms in total. The summed E-state index contributed by atoms with van der Waals surface area (Å²) < 4.78 is 7.33. The molecule has 1 N–H and O–H groups in total. The molecule has 1 aromatic carbocycles. The number of hydrogen-bond acceptors (Lipinski definition) is 8. The third-order valence-corrected chi connectivity index (χ3v) is 5.06. The first-order valence-corrected chi connectivity index (χ1v) is 9.12. The van der Waals surface area contributed by atoms with Gasteiger partial charge in [-0.1, -0.05) is 52.0 Å². The Balaban J connectivity index is 1.59. The minimum absolute atomic E-state index is 0.596. The molecule has 0 radical (unpaired) electrons. The molecule has 0 fully saturated rings. The van der Waals surface area contributed by atoms with Gasteiger partial charge in [0.1, 0.15) is 0 Å². The molecule has 0 bridgehead atoms. The zero-order chi connectivity index (χ0) is 15.4. The summed E-state index contributed by atoms with van der Waals surface area (Å²) in [6, 6.07) is 7.90. The van der Waals surface area contributed by atoms with Gasteiger partial charge in [-0.25, -0.2) is 0 Å². The van der Waals surface area contributed by atoms with Crippen molar-refractivity contribution in [3.8, 4) is 0 Å². The van der Waals surface area contributed by atoms with Crippen LogP contribution in [0, 0.1) is 0 Å². The van der Waals surface area contributed by atoms with E-state index in [1.165, 1.54) is 23.1 Å². The second-order valence-electron chi connectivity index (χ2n) is 4.24. The number of nitrogens with one attached hydrogen (secondary N) is 1. The highest BCUT2D eigenvalue weighted by Crippen LogP contribution is 2.30. The van der Waals surface area contributed by atoms with Crippen molar-refractivity contribution >= 4 is 49.8 Å². The van der Waals surface area contributed by atoms with E-state index in [4.69, 9.17) is 4.42 Å². The van der Waals surface area contributed by atoms with Crippen LogP contribution in [-0.4, -0.2) is 20.4 Å². The molecule has 0 aliphatic heterocycles. The van der Waals surface area contributed by atoms with Gasteiger partial charge in [-0.2, -0.15) is 0 Å². The highest BCUT2D eigenvalue weighted by Gasteiger charge is 2.09. The van der Waals surface area contributed by atoms with Crippen LogP contribution in [0.4, 0.5) is 10.8 Å². The smallest absolute Gasteiger partial charge is 0.226 e. The molecule has 0 saturated carbocycles. The van der Waals surface area contributed by atoms with E-state index in [2.05, 4.69) is 41.6 Å². The van der Waals surface area contributed by atoms with Crippen molar-refractivity contribution in [3.63, 3.8) is 0 Å². The summed E-state index contributed by atoms with van der Waals surface area (Å²) in [5.41, 5.74) is 0.964. The minimum Gasteiger partial charge on any atom is -0.424 e. The van der Waals surface area contributed by atoms with Gasteiger partial charge in [0.2, 0.25) is 16.9 Å². The van der Waals surface area contributed by atoms with Crippen LogP contribution in [0.1, 0.15) is 18.7 Å². The summed E-state index contributed by atoms with van der Waals surface area (Å²) in [4.78, 5) is 0. The molecule has 3 aromatic rings. The summed E-state index contributed by atoms with van der Waals surface area (Å²) >= 11 is 6.46. The van der Waals surface area contributed by atoms with Crippen molar-refractivity contribution in [1.29, 1.82) is 0 Å². The van der Waals surface area contributed by atoms with E-state index in [1.54, 1.807) is 0 Å². The molecule has 2 aromatic heterocycles. The maximum atomic E-state index is 5.46. The van der Waals surface area contributed by atoms with Crippen LogP contribution in [0.2, 0.25) is 0 Å². The number of anilines is 2. The van der Waals surface area contributed by atoms with E-state index in [1.807, 2.05) is 31.2 Å². The van der Waals surface area contributed by atoms with Crippen LogP contribution >= 0.6 is 39.0 Å². The van der Waals surface area contributed by atoms with Gasteiger partial charge < -0.3 is 9.73 Å². The van der Waals surface area contributed by atoms with E-state index in [9.17, 15) is 0 Å². The van der Waals surface area contributed by atoms with Crippen molar-refractivity contribution < 1.29 is 4.42 Å². The monoisotopic (exact) mass is 397 g/mol. The number of thioether (sulfide) groups is 1. The molecule has 2 heterocycles. The molecular formula is C13H12BrN5OS2. The van der Waals surface area contributed by atoms with E-state index in [-0.39, 0.29) is 0 Å². The first kappa shape index (κ1) is 15.4. The molecular weight excluding hydrogens is 386 g/mol. The van der Waals surface area contributed by atoms with Crippen LogP contribution in [-0.2, 0) is 12.2 Å². The molecule has 0 atom stereocenters. The van der Waals surface area contributed by atoms with Crippen molar-refractivity contribution in [2.75, 3.05) is 5.32 Å². The average Bonchev–Trinajstić information content (AvgIpc) is 3.14. The topological polar surface area (TPSA) is 76.7 Å². The van der Waals surface area contributed by atoms with Gasteiger partial charge in [-0.3, -0.25) is 0 Å². The fourth-order valence-corrected chi connectivity index (χ4v) is 3.63. The summed E-state index contributed by atoms with van der Waals surface area (Å²) in [5.74, 6) is 1.86. The zero-order valence-corrected chi connectivity index (χ0v) is 14.8. The quantitative estimate of drug-likeness (QED) is 0.621. The van der Waals surface area contributed by atoms with Crippen molar-refractivity contribution in [2.45, 2.75) is 23.4 Å². The lowest BCUT2D eigenvalue weighted by atomic mass is 10.3. The summed E-state index contributed by atoms with van der Waals surface area (Å²) in [6.45, 7) is 1.98.